The van der Waals surface area contributed by atoms with E-state index in [1.54, 1.807) is 0 Å². The van der Waals surface area contributed by atoms with Crippen molar-refractivity contribution in [3.05, 3.63) is 120 Å². The minimum Gasteiger partial charge on any atom is -0.320 e. The third-order valence-electron chi connectivity index (χ3n) is 4.37. The Labute approximate surface area is 193 Å². The van der Waals surface area contributed by atoms with Crippen molar-refractivity contribution in [3.63, 3.8) is 0 Å². The molecular formula is C29H35F2N. The Morgan fingerprint density at radius 1 is 0.812 bits per heavy atom. The van der Waals surface area contributed by atoms with E-state index in [0.717, 1.165) is 23.1 Å². The SMILES string of the molecule is C#C.C/C=C\[C@@H](C)CCC.Fc1cccc(F)c1.NC(c1ccccc1)c1ccccc1. The fraction of sp³-hybridized carbons (Fsp3) is 0.241. The van der Waals surface area contributed by atoms with Crippen LogP contribution in [0.3, 0.4) is 0 Å². The second kappa shape index (κ2) is 18.5. The van der Waals surface area contributed by atoms with Crippen molar-refractivity contribution < 1.29 is 8.78 Å². The first-order valence-electron chi connectivity index (χ1n) is 10.7. The molecule has 3 aromatic carbocycles. The van der Waals surface area contributed by atoms with Gasteiger partial charge in [0.15, 0.2) is 0 Å². The van der Waals surface area contributed by atoms with Crippen molar-refractivity contribution in [2.24, 2.45) is 11.7 Å². The van der Waals surface area contributed by atoms with Crippen molar-refractivity contribution in [1.82, 2.24) is 0 Å². The number of hydrogen-bond donors (Lipinski definition) is 1. The molecule has 0 aliphatic rings. The number of allylic oxidation sites excluding steroid dienone is 2. The van der Waals surface area contributed by atoms with Gasteiger partial charge in [0, 0.05) is 6.07 Å². The number of nitrogens with two attached hydrogens (primary N) is 1. The van der Waals surface area contributed by atoms with Gasteiger partial charge >= 0.3 is 0 Å². The lowest BCUT2D eigenvalue weighted by Gasteiger charge is -2.11. The maximum Gasteiger partial charge on any atom is 0.126 e. The maximum absolute atomic E-state index is 11.9. The van der Waals surface area contributed by atoms with Gasteiger partial charge < -0.3 is 5.73 Å². The van der Waals surface area contributed by atoms with Crippen LogP contribution in [0.1, 0.15) is 50.8 Å². The molecule has 0 fully saturated rings. The fourth-order valence-corrected chi connectivity index (χ4v) is 2.85. The lowest BCUT2D eigenvalue weighted by molar-refractivity contribution is 0.583. The standard InChI is InChI=1S/C13H13N.C8H16.C6H4F2.C2H2/c14-13(11-7-3-1-4-8-11)12-9-5-2-6-10-12;1-4-6-8(3)7-5-2;7-5-2-1-3-6(8)4-5;1-2/h1-10,13H,14H2;4,6,8H,5,7H2,1-3H3;1-4H;1-2H/b;6-4-;;/t;8-;;/m.1../s1. The maximum atomic E-state index is 11.9. The first kappa shape index (κ1) is 28.8. The van der Waals surface area contributed by atoms with Crippen LogP contribution in [0.2, 0.25) is 0 Å². The van der Waals surface area contributed by atoms with Gasteiger partial charge in [0.05, 0.1) is 6.04 Å². The molecule has 0 unspecified atom stereocenters. The van der Waals surface area contributed by atoms with Crippen LogP contribution < -0.4 is 5.73 Å². The number of halogens is 2. The third kappa shape index (κ3) is 13.2. The minimum absolute atomic E-state index is 0.0163. The van der Waals surface area contributed by atoms with E-state index < -0.39 is 11.6 Å². The van der Waals surface area contributed by atoms with Gasteiger partial charge in [-0.05, 0) is 42.5 Å². The van der Waals surface area contributed by atoms with Crippen molar-refractivity contribution in [2.45, 2.75) is 39.7 Å². The summed E-state index contributed by atoms with van der Waals surface area (Å²) in [7, 11) is 0. The lowest BCUT2D eigenvalue weighted by atomic mass is 10.00. The van der Waals surface area contributed by atoms with E-state index in [2.05, 4.69) is 70.0 Å². The summed E-state index contributed by atoms with van der Waals surface area (Å²) in [6.45, 7) is 6.55. The van der Waals surface area contributed by atoms with Crippen molar-refractivity contribution in [2.75, 3.05) is 0 Å². The predicted octanol–water partition coefficient (Wildman–Crippen LogP) is 7.95. The van der Waals surface area contributed by atoms with Gasteiger partial charge in [-0.15, -0.1) is 12.8 Å². The van der Waals surface area contributed by atoms with Gasteiger partial charge in [-0.1, -0.05) is 99.2 Å². The molecule has 3 heteroatoms. The first-order valence-corrected chi connectivity index (χ1v) is 10.7. The normalized spacial score (nSPS) is 10.7. The quantitative estimate of drug-likeness (QED) is 0.319. The molecule has 0 amide bonds. The van der Waals surface area contributed by atoms with Crippen LogP contribution in [0.25, 0.3) is 0 Å². The molecular weight excluding hydrogens is 400 g/mol. The molecule has 0 aliphatic carbocycles. The fourth-order valence-electron chi connectivity index (χ4n) is 2.85. The molecule has 32 heavy (non-hydrogen) atoms. The Hall–Kier alpha value is -3.22. The van der Waals surface area contributed by atoms with Gasteiger partial charge in [-0.3, -0.25) is 0 Å². The van der Waals surface area contributed by atoms with E-state index in [1.807, 2.05) is 36.4 Å². The molecule has 0 aliphatic heterocycles. The molecule has 1 atom stereocenters. The zero-order valence-electron chi connectivity index (χ0n) is 19.3. The van der Waals surface area contributed by atoms with E-state index >= 15 is 0 Å². The van der Waals surface area contributed by atoms with Crippen LogP contribution in [0.4, 0.5) is 8.78 Å². The Bertz CT molecular complexity index is 816. The van der Waals surface area contributed by atoms with Gasteiger partial charge in [-0.25, -0.2) is 8.78 Å². The number of benzene rings is 3. The van der Waals surface area contributed by atoms with Crippen LogP contribution in [-0.2, 0) is 0 Å². The van der Waals surface area contributed by atoms with Gasteiger partial charge in [0.1, 0.15) is 11.6 Å². The van der Waals surface area contributed by atoms with Gasteiger partial charge in [0.2, 0.25) is 0 Å². The number of terminal acetylenes is 1. The molecule has 2 N–H and O–H groups in total. The Kier molecular flexibility index (Phi) is 16.7. The summed E-state index contributed by atoms with van der Waals surface area (Å²) in [6, 6.07) is 24.8. The van der Waals surface area contributed by atoms with Gasteiger partial charge in [-0.2, -0.15) is 0 Å². The number of rotatable bonds is 5. The summed E-state index contributed by atoms with van der Waals surface area (Å²) in [6.07, 6.45) is 15.0. The van der Waals surface area contributed by atoms with Crippen LogP contribution in [0.5, 0.6) is 0 Å². The van der Waals surface area contributed by atoms with E-state index in [4.69, 9.17) is 5.73 Å². The second-order valence-corrected chi connectivity index (χ2v) is 7.03. The summed E-state index contributed by atoms with van der Waals surface area (Å²) < 4.78 is 23.9. The van der Waals surface area contributed by atoms with E-state index in [1.165, 1.54) is 31.0 Å². The predicted molar refractivity (Wildman–Crippen MR) is 134 cm³/mol. The Balaban J connectivity index is 0.000000462. The highest BCUT2D eigenvalue weighted by Gasteiger charge is 2.06. The van der Waals surface area contributed by atoms with E-state index in [9.17, 15) is 8.78 Å². The minimum atomic E-state index is -0.537. The van der Waals surface area contributed by atoms with Crippen molar-refractivity contribution >= 4 is 0 Å². The number of hydrogen-bond acceptors (Lipinski definition) is 1. The van der Waals surface area contributed by atoms with Crippen LogP contribution in [0.15, 0.2) is 97.1 Å². The molecule has 170 valence electrons. The lowest BCUT2D eigenvalue weighted by Crippen LogP contribution is -2.11. The van der Waals surface area contributed by atoms with Gasteiger partial charge in [0.25, 0.3) is 0 Å². The monoisotopic (exact) mass is 435 g/mol. The van der Waals surface area contributed by atoms with Crippen LogP contribution in [0, 0.1) is 30.4 Å². The summed E-state index contributed by atoms with van der Waals surface area (Å²) in [5.74, 6) is -0.292. The molecule has 1 nitrogen and oxygen atoms in total. The summed E-state index contributed by atoms with van der Waals surface area (Å²) in [5.41, 5.74) is 8.42. The Morgan fingerprint density at radius 3 is 1.56 bits per heavy atom. The zero-order valence-corrected chi connectivity index (χ0v) is 19.3. The van der Waals surface area contributed by atoms with E-state index in [-0.39, 0.29) is 6.04 Å². The molecule has 3 aromatic rings. The van der Waals surface area contributed by atoms with Crippen molar-refractivity contribution in [1.29, 1.82) is 0 Å². The molecule has 0 heterocycles. The van der Waals surface area contributed by atoms with Crippen LogP contribution >= 0.6 is 0 Å². The summed E-state index contributed by atoms with van der Waals surface area (Å²) in [4.78, 5) is 0. The molecule has 0 radical (unpaired) electrons. The van der Waals surface area contributed by atoms with Crippen LogP contribution in [-0.4, -0.2) is 0 Å². The highest BCUT2D eigenvalue weighted by atomic mass is 19.1. The molecule has 0 bridgehead atoms. The first-order chi connectivity index (χ1) is 15.5. The topological polar surface area (TPSA) is 26.0 Å². The van der Waals surface area contributed by atoms with E-state index in [0.29, 0.717) is 0 Å². The molecule has 0 saturated carbocycles. The zero-order chi connectivity index (χ0) is 24.2. The second-order valence-electron chi connectivity index (χ2n) is 7.03. The molecule has 3 rings (SSSR count). The molecule has 0 aromatic heterocycles. The largest absolute Gasteiger partial charge is 0.320 e. The highest BCUT2D eigenvalue weighted by molar-refractivity contribution is 5.30. The molecule has 0 saturated heterocycles. The average molecular weight is 436 g/mol. The third-order valence-corrected chi connectivity index (χ3v) is 4.37. The smallest absolute Gasteiger partial charge is 0.126 e. The van der Waals surface area contributed by atoms with Crippen molar-refractivity contribution in [3.8, 4) is 12.8 Å². The highest BCUT2D eigenvalue weighted by Crippen LogP contribution is 2.18. The Morgan fingerprint density at radius 2 is 1.25 bits per heavy atom. The summed E-state index contributed by atoms with van der Waals surface area (Å²) >= 11 is 0. The summed E-state index contributed by atoms with van der Waals surface area (Å²) in [5, 5.41) is 0. The average Bonchev–Trinajstić information content (AvgIpc) is 2.82. The molecule has 0 spiro atoms.